The number of hydrogen-bond acceptors (Lipinski definition) is 4. The summed E-state index contributed by atoms with van der Waals surface area (Å²) < 4.78 is 0. The van der Waals surface area contributed by atoms with Crippen molar-refractivity contribution in [3.05, 3.63) is 22.9 Å². The zero-order chi connectivity index (χ0) is 13.1. The van der Waals surface area contributed by atoms with Crippen LogP contribution in [0.1, 0.15) is 29.7 Å². The van der Waals surface area contributed by atoms with Crippen molar-refractivity contribution in [1.82, 2.24) is 4.98 Å². The number of nitrogens with two attached hydrogens (primary N) is 1. The highest BCUT2D eigenvalue weighted by molar-refractivity contribution is 5.52. The minimum Gasteiger partial charge on any atom is -0.396 e. The fraction of sp³-hybridized carbons (Fsp3) is 0.643. The first-order valence-corrected chi connectivity index (χ1v) is 6.68. The molecule has 18 heavy (non-hydrogen) atoms. The van der Waals surface area contributed by atoms with E-state index in [2.05, 4.69) is 22.9 Å². The Morgan fingerprint density at radius 1 is 1.50 bits per heavy atom. The van der Waals surface area contributed by atoms with E-state index in [0.29, 0.717) is 12.5 Å². The summed E-state index contributed by atoms with van der Waals surface area (Å²) in [7, 11) is 0. The molecule has 1 saturated heterocycles. The minimum atomic E-state index is 0.263. The molecule has 1 unspecified atom stereocenters. The van der Waals surface area contributed by atoms with Crippen molar-refractivity contribution in [2.45, 2.75) is 33.2 Å². The smallest absolute Gasteiger partial charge is 0.133 e. The van der Waals surface area contributed by atoms with Gasteiger partial charge in [-0.25, -0.2) is 4.98 Å². The predicted molar refractivity (Wildman–Crippen MR) is 73.6 cm³/mol. The topological polar surface area (TPSA) is 62.4 Å². The van der Waals surface area contributed by atoms with Crippen molar-refractivity contribution in [3.8, 4) is 0 Å². The Balaban J connectivity index is 2.31. The fourth-order valence-electron chi connectivity index (χ4n) is 2.76. The molecule has 4 nitrogen and oxygen atoms in total. The zero-order valence-electron chi connectivity index (χ0n) is 11.3. The van der Waals surface area contributed by atoms with Gasteiger partial charge in [0.25, 0.3) is 0 Å². The SMILES string of the molecule is Cc1cc(C)c(CN)c(N2CCCC(CO)C2)n1. The fourth-order valence-corrected chi connectivity index (χ4v) is 2.76. The van der Waals surface area contributed by atoms with E-state index in [1.54, 1.807) is 0 Å². The number of aryl methyl sites for hydroxylation is 2. The molecule has 0 amide bonds. The second-order valence-electron chi connectivity index (χ2n) is 5.22. The van der Waals surface area contributed by atoms with Crippen LogP contribution in [-0.2, 0) is 6.54 Å². The molecule has 3 N–H and O–H groups in total. The molecule has 0 bridgehead atoms. The third-order valence-electron chi connectivity index (χ3n) is 3.73. The van der Waals surface area contributed by atoms with Gasteiger partial charge in [0.1, 0.15) is 5.82 Å². The summed E-state index contributed by atoms with van der Waals surface area (Å²) in [6.45, 7) is 6.80. The Labute approximate surface area is 109 Å². The maximum absolute atomic E-state index is 9.32. The molecule has 1 aromatic heterocycles. The summed E-state index contributed by atoms with van der Waals surface area (Å²) in [5.74, 6) is 1.39. The second-order valence-corrected chi connectivity index (χ2v) is 5.22. The molecule has 4 heteroatoms. The average molecular weight is 249 g/mol. The number of anilines is 1. The van der Waals surface area contributed by atoms with Crippen LogP contribution in [0.25, 0.3) is 0 Å². The van der Waals surface area contributed by atoms with Gasteiger partial charge in [-0.2, -0.15) is 0 Å². The lowest BCUT2D eigenvalue weighted by Crippen LogP contribution is -2.38. The Bertz CT molecular complexity index is 420. The van der Waals surface area contributed by atoms with Crippen molar-refractivity contribution in [3.63, 3.8) is 0 Å². The first kappa shape index (κ1) is 13.3. The van der Waals surface area contributed by atoms with Crippen LogP contribution in [0, 0.1) is 19.8 Å². The monoisotopic (exact) mass is 249 g/mol. The van der Waals surface area contributed by atoms with E-state index in [-0.39, 0.29) is 6.61 Å². The molecular weight excluding hydrogens is 226 g/mol. The summed E-state index contributed by atoms with van der Waals surface area (Å²) >= 11 is 0. The van der Waals surface area contributed by atoms with Crippen LogP contribution in [0.4, 0.5) is 5.82 Å². The maximum atomic E-state index is 9.32. The van der Waals surface area contributed by atoms with Crippen LogP contribution < -0.4 is 10.6 Å². The van der Waals surface area contributed by atoms with E-state index in [0.717, 1.165) is 43.0 Å². The quantitative estimate of drug-likeness (QED) is 0.849. The van der Waals surface area contributed by atoms with Crippen LogP contribution in [0.2, 0.25) is 0 Å². The number of pyridine rings is 1. The first-order valence-electron chi connectivity index (χ1n) is 6.68. The molecule has 1 aromatic rings. The van der Waals surface area contributed by atoms with Gasteiger partial charge in [-0.1, -0.05) is 0 Å². The van der Waals surface area contributed by atoms with Crippen LogP contribution in [0.3, 0.4) is 0 Å². The van der Waals surface area contributed by atoms with Gasteiger partial charge in [0.2, 0.25) is 0 Å². The molecule has 2 heterocycles. The molecular formula is C14H23N3O. The van der Waals surface area contributed by atoms with Crippen molar-refractivity contribution >= 4 is 5.82 Å². The number of aromatic nitrogens is 1. The van der Waals surface area contributed by atoms with Crippen LogP contribution >= 0.6 is 0 Å². The van der Waals surface area contributed by atoms with Gasteiger partial charge >= 0.3 is 0 Å². The molecule has 1 aliphatic heterocycles. The van der Waals surface area contributed by atoms with Gasteiger partial charge in [-0.05, 0) is 44.2 Å². The van der Waals surface area contributed by atoms with Gasteiger partial charge in [0.05, 0.1) is 0 Å². The Morgan fingerprint density at radius 2 is 2.28 bits per heavy atom. The molecule has 0 aromatic carbocycles. The lowest BCUT2D eigenvalue weighted by molar-refractivity contribution is 0.208. The zero-order valence-corrected chi connectivity index (χ0v) is 11.3. The molecule has 0 aliphatic carbocycles. The van der Waals surface area contributed by atoms with Gasteiger partial charge < -0.3 is 15.7 Å². The summed E-state index contributed by atoms with van der Waals surface area (Å²) in [6.07, 6.45) is 2.22. The second kappa shape index (κ2) is 5.67. The molecule has 0 radical (unpaired) electrons. The third kappa shape index (κ3) is 2.65. The number of nitrogens with zero attached hydrogens (tertiary/aromatic N) is 2. The van der Waals surface area contributed by atoms with Crippen LogP contribution in [0.15, 0.2) is 6.07 Å². The van der Waals surface area contributed by atoms with Gasteiger partial charge in [-0.3, -0.25) is 0 Å². The molecule has 100 valence electrons. The molecule has 1 aliphatic rings. The highest BCUT2D eigenvalue weighted by Crippen LogP contribution is 2.26. The summed E-state index contributed by atoms with van der Waals surface area (Å²) in [4.78, 5) is 6.95. The number of hydrogen-bond donors (Lipinski definition) is 2. The van der Waals surface area contributed by atoms with Crippen molar-refractivity contribution in [2.24, 2.45) is 11.7 Å². The van der Waals surface area contributed by atoms with Gasteiger partial charge in [0.15, 0.2) is 0 Å². The van der Waals surface area contributed by atoms with E-state index in [1.807, 2.05) is 6.92 Å². The summed E-state index contributed by atoms with van der Waals surface area (Å²) in [6, 6.07) is 2.08. The highest BCUT2D eigenvalue weighted by Gasteiger charge is 2.22. The van der Waals surface area contributed by atoms with Gasteiger partial charge in [0, 0.05) is 37.5 Å². The van der Waals surface area contributed by atoms with Gasteiger partial charge in [-0.15, -0.1) is 0 Å². The van der Waals surface area contributed by atoms with Crippen LogP contribution in [-0.4, -0.2) is 29.8 Å². The number of rotatable bonds is 3. The van der Waals surface area contributed by atoms with E-state index in [1.165, 1.54) is 5.56 Å². The van der Waals surface area contributed by atoms with E-state index in [4.69, 9.17) is 5.73 Å². The standard InChI is InChI=1S/C14H23N3O/c1-10-6-11(2)16-14(13(10)7-15)17-5-3-4-12(8-17)9-18/h6,12,18H,3-5,7-9,15H2,1-2H3. The lowest BCUT2D eigenvalue weighted by atomic mass is 9.98. The average Bonchev–Trinajstić information content (AvgIpc) is 2.38. The van der Waals surface area contributed by atoms with E-state index >= 15 is 0 Å². The Morgan fingerprint density at radius 3 is 2.94 bits per heavy atom. The minimum absolute atomic E-state index is 0.263. The number of piperidine rings is 1. The van der Waals surface area contributed by atoms with Crippen molar-refractivity contribution < 1.29 is 5.11 Å². The van der Waals surface area contributed by atoms with E-state index in [9.17, 15) is 5.11 Å². The molecule has 2 rings (SSSR count). The van der Waals surface area contributed by atoms with Crippen molar-refractivity contribution in [1.29, 1.82) is 0 Å². The highest BCUT2D eigenvalue weighted by atomic mass is 16.3. The number of aliphatic hydroxyl groups excluding tert-OH is 1. The lowest BCUT2D eigenvalue weighted by Gasteiger charge is -2.34. The largest absolute Gasteiger partial charge is 0.396 e. The molecule has 1 fully saturated rings. The van der Waals surface area contributed by atoms with E-state index < -0.39 is 0 Å². The summed E-state index contributed by atoms with van der Waals surface area (Å²) in [5.41, 5.74) is 9.24. The summed E-state index contributed by atoms with van der Waals surface area (Å²) in [5, 5.41) is 9.32. The predicted octanol–water partition coefficient (Wildman–Crippen LogP) is 1.37. The normalized spacial score (nSPS) is 20.2. The number of aliphatic hydroxyl groups is 1. The Kier molecular flexibility index (Phi) is 4.19. The Hall–Kier alpha value is -1.13. The maximum Gasteiger partial charge on any atom is 0.133 e. The molecule has 1 atom stereocenters. The first-order chi connectivity index (χ1) is 8.65. The van der Waals surface area contributed by atoms with Crippen LogP contribution in [0.5, 0.6) is 0 Å². The van der Waals surface area contributed by atoms with Crippen molar-refractivity contribution in [2.75, 3.05) is 24.6 Å². The third-order valence-corrected chi connectivity index (χ3v) is 3.73. The molecule has 0 saturated carbocycles. The molecule has 0 spiro atoms.